The van der Waals surface area contributed by atoms with Crippen LogP contribution in [0.3, 0.4) is 0 Å². The van der Waals surface area contributed by atoms with Crippen molar-refractivity contribution < 1.29 is 31.5 Å². The Bertz CT molecular complexity index is 881. The van der Waals surface area contributed by atoms with Crippen LogP contribution in [0.15, 0.2) is 41.4 Å². The zero-order valence-electron chi connectivity index (χ0n) is 15.1. The van der Waals surface area contributed by atoms with Crippen molar-refractivity contribution in [2.24, 2.45) is 4.99 Å². The predicted octanol–water partition coefficient (Wildman–Crippen LogP) is 4.95. The van der Waals surface area contributed by atoms with Crippen molar-refractivity contribution in [3.8, 4) is 0 Å². The molecule has 150 valence electrons. The Morgan fingerprint density at radius 3 is 2.54 bits per heavy atom. The summed E-state index contributed by atoms with van der Waals surface area (Å²) in [5.41, 5.74) is -1.81. The van der Waals surface area contributed by atoms with E-state index < -0.39 is 41.5 Å². The maximum atomic E-state index is 14.2. The molecular weight excluding hydrogens is 383 g/mol. The standard InChI is InChI=1S/C19H17F5N2O2/c1-3-26(2)11-25-15-8-7-14(16(20)17(15)21)18(27)28-10-12-5-4-6-13(9-12)19(22,23)24/h4-9,11H,3,10H2,1-2H3. The quantitative estimate of drug-likeness (QED) is 0.298. The zero-order chi connectivity index (χ0) is 20.9. The molecule has 2 aromatic carbocycles. The lowest BCUT2D eigenvalue weighted by Gasteiger charge is -2.11. The number of hydrogen-bond donors (Lipinski definition) is 0. The van der Waals surface area contributed by atoms with Gasteiger partial charge in [-0.25, -0.2) is 18.6 Å². The molecule has 0 fully saturated rings. The Morgan fingerprint density at radius 2 is 1.89 bits per heavy atom. The summed E-state index contributed by atoms with van der Waals surface area (Å²) >= 11 is 0. The first-order chi connectivity index (χ1) is 13.1. The van der Waals surface area contributed by atoms with E-state index >= 15 is 0 Å². The molecule has 0 unspecified atom stereocenters. The van der Waals surface area contributed by atoms with Gasteiger partial charge in [0.15, 0.2) is 11.6 Å². The van der Waals surface area contributed by atoms with Crippen LogP contribution in [0.1, 0.15) is 28.4 Å². The Hall–Kier alpha value is -2.97. The molecule has 0 atom stereocenters. The Kier molecular flexibility index (Phi) is 6.71. The van der Waals surface area contributed by atoms with Crippen LogP contribution in [0.25, 0.3) is 0 Å². The minimum absolute atomic E-state index is 0.0629. The maximum absolute atomic E-state index is 14.2. The van der Waals surface area contributed by atoms with Crippen molar-refractivity contribution in [3.05, 3.63) is 64.7 Å². The SMILES string of the molecule is CCN(C)C=Nc1ccc(C(=O)OCc2cccc(C(F)(F)F)c2)c(F)c1F. The molecule has 0 saturated carbocycles. The molecule has 0 radical (unpaired) electrons. The van der Waals surface area contributed by atoms with Crippen LogP contribution in [0.4, 0.5) is 27.6 Å². The highest BCUT2D eigenvalue weighted by molar-refractivity contribution is 5.90. The van der Waals surface area contributed by atoms with Gasteiger partial charge in [-0.3, -0.25) is 0 Å². The second kappa shape index (κ2) is 8.81. The molecule has 0 bridgehead atoms. The first-order valence-corrected chi connectivity index (χ1v) is 8.19. The van der Waals surface area contributed by atoms with E-state index in [1.54, 1.807) is 11.9 Å². The fraction of sp³-hybridized carbons (Fsp3) is 0.263. The summed E-state index contributed by atoms with van der Waals surface area (Å²) in [5.74, 6) is -3.97. The molecule has 2 aromatic rings. The van der Waals surface area contributed by atoms with Gasteiger partial charge in [0.2, 0.25) is 0 Å². The number of benzene rings is 2. The van der Waals surface area contributed by atoms with Gasteiger partial charge in [0.25, 0.3) is 0 Å². The van der Waals surface area contributed by atoms with Gasteiger partial charge in [-0.05, 0) is 36.8 Å². The van der Waals surface area contributed by atoms with Gasteiger partial charge in [-0.2, -0.15) is 13.2 Å². The lowest BCUT2D eigenvalue weighted by molar-refractivity contribution is -0.137. The first-order valence-electron chi connectivity index (χ1n) is 8.19. The zero-order valence-corrected chi connectivity index (χ0v) is 15.1. The lowest BCUT2D eigenvalue weighted by atomic mass is 10.1. The molecule has 0 aliphatic heterocycles. The van der Waals surface area contributed by atoms with E-state index in [0.717, 1.165) is 30.3 Å². The summed E-state index contributed by atoms with van der Waals surface area (Å²) in [5, 5.41) is 0. The van der Waals surface area contributed by atoms with E-state index in [0.29, 0.717) is 6.54 Å². The number of halogens is 5. The molecule has 0 heterocycles. The van der Waals surface area contributed by atoms with Crippen LogP contribution in [-0.2, 0) is 17.5 Å². The molecule has 28 heavy (non-hydrogen) atoms. The second-order valence-corrected chi connectivity index (χ2v) is 5.85. The molecule has 2 rings (SSSR count). The Labute approximate surface area is 158 Å². The van der Waals surface area contributed by atoms with Gasteiger partial charge in [0.05, 0.1) is 17.5 Å². The molecule has 0 aliphatic carbocycles. The van der Waals surface area contributed by atoms with Crippen LogP contribution < -0.4 is 0 Å². The Balaban J connectivity index is 2.13. The molecule has 0 N–H and O–H groups in total. The third-order valence-corrected chi connectivity index (χ3v) is 3.80. The van der Waals surface area contributed by atoms with Crippen molar-refractivity contribution in [2.75, 3.05) is 13.6 Å². The molecule has 0 aliphatic rings. The topological polar surface area (TPSA) is 41.9 Å². The minimum Gasteiger partial charge on any atom is -0.457 e. The van der Waals surface area contributed by atoms with E-state index in [-0.39, 0.29) is 11.3 Å². The molecule has 4 nitrogen and oxygen atoms in total. The fourth-order valence-corrected chi connectivity index (χ4v) is 2.10. The number of ether oxygens (including phenoxy) is 1. The number of aliphatic imine (C=N–C) groups is 1. The molecular formula is C19H17F5N2O2. The predicted molar refractivity (Wildman–Crippen MR) is 93.4 cm³/mol. The highest BCUT2D eigenvalue weighted by atomic mass is 19.4. The van der Waals surface area contributed by atoms with Crippen molar-refractivity contribution in [2.45, 2.75) is 19.7 Å². The summed E-state index contributed by atoms with van der Waals surface area (Å²) < 4.78 is 71.1. The molecule has 0 saturated heterocycles. The first kappa shape index (κ1) is 21.3. The fourth-order valence-electron chi connectivity index (χ4n) is 2.10. The summed E-state index contributed by atoms with van der Waals surface area (Å²) in [4.78, 5) is 17.4. The van der Waals surface area contributed by atoms with Crippen LogP contribution in [0.2, 0.25) is 0 Å². The maximum Gasteiger partial charge on any atom is 0.416 e. The third-order valence-electron chi connectivity index (χ3n) is 3.80. The number of carbonyl (C=O) groups excluding carboxylic acids is 1. The normalized spacial score (nSPS) is 11.7. The summed E-state index contributed by atoms with van der Waals surface area (Å²) in [6, 6.07) is 6.28. The molecule has 9 heteroatoms. The van der Waals surface area contributed by atoms with Crippen LogP contribution in [0.5, 0.6) is 0 Å². The second-order valence-electron chi connectivity index (χ2n) is 5.85. The molecule has 0 amide bonds. The van der Waals surface area contributed by atoms with Crippen molar-refractivity contribution >= 4 is 18.0 Å². The average molecular weight is 400 g/mol. The summed E-state index contributed by atoms with van der Waals surface area (Å²) in [7, 11) is 1.69. The van der Waals surface area contributed by atoms with Crippen LogP contribution in [0, 0.1) is 11.6 Å². The highest BCUT2D eigenvalue weighted by Crippen LogP contribution is 2.30. The van der Waals surface area contributed by atoms with Crippen molar-refractivity contribution in [1.82, 2.24) is 4.90 Å². The average Bonchev–Trinajstić information content (AvgIpc) is 2.66. The van der Waals surface area contributed by atoms with E-state index in [1.807, 2.05) is 6.92 Å². The number of carbonyl (C=O) groups is 1. The van der Waals surface area contributed by atoms with E-state index in [9.17, 15) is 26.7 Å². The monoisotopic (exact) mass is 400 g/mol. The van der Waals surface area contributed by atoms with Crippen LogP contribution in [-0.4, -0.2) is 30.8 Å². The Morgan fingerprint density at radius 1 is 1.18 bits per heavy atom. The summed E-state index contributed by atoms with van der Waals surface area (Å²) in [6.07, 6.45) is -3.24. The van der Waals surface area contributed by atoms with Gasteiger partial charge in [-0.1, -0.05) is 12.1 Å². The van der Waals surface area contributed by atoms with Gasteiger partial charge in [0.1, 0.15) is 12.3 Å². The smallest absolute Gasteiger partial charge is 0.416 e. The summed E-state index contributed by atoms with van der Waals surface area (Å²) in [6.45, 7) is 1.92. The van der Waals surface area contributed by atoms with Gasteiger partial charge in [-0.15, -0.1) is 0 Å². The number of rotatable bonds is 6. The van der Waals surface area contributed by atoms with Crippen LogP contribution >= 0.6 is 0 Å². The number of nitrogens with zero attached hydrogens (tertiary/aromatic N) is 2. The van der Waals surface area contributed by atoms with Gasteiger partial charge < -0.3 is 9.64 Å². The number of alkyl halides is 3. The molecule has 0 aromatic heterocycles. The highest BCUT2D eigenvalue weighted by Gasteiger charge is 2.30. The number of hydrogen-bond acceptors (Lipinski definition) is 3. The molecule has 0 spiro atoms. The number of esters is 1. The van der Waals surface area contributed by atoms with Gasteiger partial charge >= 0.3 is 12.1 Å². The van der Waals surface area contributed by atoms with Gasteiger partial charge in [0, 0.05) is 13.6 Å². The largest absolute Gasteiger partial charge is 0.457 e. The van der Waals surface area contributed by atoms with Crippen molar-refractivity contribution in [1.29, 1.82) is 0 Å². The van der Waals surface area contributed by atoms with E-state index in [2.05, 4.69) is 4.99 Å². The minimum atomic E-state index is -4.54. The van der Waals surface area contributed by atoms with E-state index in [1.165, 1.54) is 12.4 Å². The lowest BCUT2D eigenvalue weighted by Crippen LogP contribution is -2.14. The van der Waals surface area contributed by atoms with Crippen molar-refractivity contribution in [3.63, 3.8) is 0 Å². The third kappa shape index (κ3) is 5.28. The van der Waals surface area contributed by atoms with E-state index in [4.69, 9.17) is 4.74 Å².